The van der Waals surface area contributed by atoms with Gasteiger partial charge in [0.2, 0.25) is 0 Å². The molecule has 2 aliphatic heterocycles. The summed E-state index contributed by atoms with van der Waals surface area (Å²) in [6.45, 7) is 3.44. The highest BCUT2D eigenvalue weighted by Gasteiger charge is 2.29. The van der Waals surface area contributed by atoms with Crippen molar-refractivity contribution in [2.24, 2.45) is 5.73 Å². The maximum atomic E-state index is 13.7. The van der Waals surface area contributed by atoms with E-state index in [9.17, 15) is 14.3 Å². The van der Waals surface area contributed by atoms with E-state index in [0.29, 0.717) is 25.1 Å². The van der Waals surface area contributed by atoms with Crippen LogP contribution in [0, 0.1) is 6.92 Å². The Bertz CT molecular complexity index is 593. The average molecular weight is 308 g/mol. The molecule has 22 heavy (non-hydrogen) atoms. The Morgan fingerprint density at radius 2 is 2.32 bits per heavy atom. The molecule has 0 aliphatic carbocycles. The Hall–Kier alpha value is -1.50. The minimum absolute atomic E-state index is 0.254. The van der Waals surface area contributed by atoms with Crippen LogP contribution in [0.3, 0.4) is 0 Å². The molecule has 3 atom stereocenters. The van der Waals surface area contributed by atoms with Gasteiger partial charge in [-0.2, -0.15) is 0 Å². The number of carbonyl (C=O) groups is 1. The van der Waals surface area contributed by atoms with Gasteiger partial charge in [0.15, 0.2) is 0 Å². The van der Waals surface area contributed by atoms with Crippen LogP contribution < -0.4 is 5.73 Å². The minimum atomic E-state index is -1.05. The SMILES string of the molecule is Cc1c([C@@H](O)CN2CCC(N)[C@@H](F)C2)ccc2c1COC2=O. The molecule has 0 radical (unpaired) electrons. The van der Waals surface area contributed by atoms with Gasteiger partial charge in [-0.3, -0.25) is 4.90 Å². The van der Waals surface area contributed by atoms with E-state index < -0.39 is 18.3 Å². The summed E-state index contributed by atoms with van der Waals surface area (Å²) >= 11 is 0. The first kappa shape index (κ1) is 15.4. The molecule has 1 aromatic carbocycles. The van der Waals surface area contributed by atoms with Crippen LogP contribution in [0.25, 0.3) is 0 Å². The second kappa shape index (κ2) is 5.95. The van der Waals surface area contributed by atoms with Crippen molar-refractivity contribution in [1.82, 2.24) is 4.90 Å². The molecule has 2 heterocycles. The van der Waals surface area contributed by atoms with Crippen LogP contribution in [0.5, 0.6) is 0 Å². The van der Waals surface area contributed by atoms with Gasteiger partial charge in [0.05, 0.1) is 11.7 Å². The van der Waals surface area contributed by atoms with Gasteiger partial charge in [-0.05, 0) is 37.1 Å². The Morgan fingerprint density at radius 1 is 1.55 bits per heavy atom. The van der Waals surface area contributed by atoms with Gasteiger partial charge in [0.25, 0.3) is 0 Å². The van der Waals surface area contributed by atoms with Gasteiger partial charge in [-0.15, -0.1) is 0 Å². The maximum absolute atomic E-state index is 13.7. The van der Waals surface area contributed by atoms with E-state index in [0.717, 1.165) is 16.7 Å². The van der Waals surface area contributed by atoms with Crippen molar-refractivity contribution in [2.75, 3.05) is 19.6 Å². The first-order valence-corrected chi connectivity index (χ1v) is 7.57. The number of hydrogen-bond acceptors (Lipinski definition) is 5. The molecule has 2 aliphatic rings. The number of rotatable bonds is 3. The number of β-amino-alcohol motifs (C(OH)–C–C–N with tert-alkyl or cyclic N) is 1. The number of piperidine rings is 1. The third-order valence-electron chi connectivity index (χ3n) is 4.67. The number of alkyl halides is 1. The van der Waals surface area contributed by atoms with Crippen molar-refractivity contribution >= 4 is 5.97 Å². The summed E-state index contributed by atoms with van der Waals surface area (Å²) in [7, 11) is 0. The lowest BCUT2D eigenvalue weighted by molar-refractivity contribution is 0.0535. The number of benzene rings is 1. The summed E-state index contributed by atoms with van der Waals surface area (Å²) in [5.74, 6) is -0.315. The van der Waals surface area contributed by atoms with Crippen LogP contribution in [-0.4, -0.2) is 47.8 Å². The Balaban J connectivity index is 1.73. The highest BCUT2D eigenvalue weighted by molar-refractivity contribution is 5.93. The van der Waals surface area contributed by atoms with E-state index in [2.05, 4.69) is 0 Å². The molecule has 1 aromatic rings. The Morgan fingerprint density at radius 3 is 3.05 bits per heavy atom. The number of aliphatic hydroxyl groups excluding tert-OH is 1. The molecule has 3 rings (SSSR count). The van der Waals surface area contributed by atoms with Crippen LogP contribution in [0.2, 0.25) is 0 Å². The minimum Gasteiger partial charge on any atom is -0.457 e. The van der Waals surface area contributed by atoms with E-state index in [1.807, 2.05) is 11.8 Å². The molecule has 6 heteroatoms. The smallest absolute Gasteiger partial charge is 0.338 e. The normalized spacial score (nSPS) is 26.6. The zero-order valence-corrected chi connectivity index (χ0v) is 12.6. The summed E-state index contributed by atoms with van der Waals surface area (Å²) in [4.78, 5) is 13.4. The zero-order valence-electron chi connectivity index (χ0n) is 12.6. The van der Waals surface area contributed by atoms with Gasteiger partial charge in [0.1, 0.15) is 12.8 Å². The lowest BCUT2D eigenvalue weighted by atomic mass is 9.94. The fourth-order valence-electron chi connectivity index (χ4n) is 3.22. The molecule has 0 amide bonds. The third-order valence-corrected chi connectivity index (χ3v) is 4.67. The lowest BCUT2D eigenvalue weighted by Gasteiger charge is -2.34. The van der Waals surface area contributed by atoms with Gasteiger partial charge in [-0.25, -0.2) is 9.18 Å². The number of aliphatic hydroxyl groups is 1. The Labute approximate surface area is 128 Å². The number of likely N-dealkylation sites (tertiary alicyclic amines) is 1. The summed E-state index contributed by atoms with van der Waals surface area (Å²) in [6, 6.07) is 3.05. The highest BCUT2D eigenvalue weighted by Crippen LogP contribution is 2.29. The molecule has 120 valence electrons. The van der Waals surface area contributed by atoms with Crippen molar-refractivity contribution in [1.29, 1.82) is 0 Å². The quantitative estimate of drug-likeness (QED) is 0.817. The van der Waals surface area contributed by atoms with Crippen molar-refractivity contribution in [3.8, 4) is 0 Å². The highest BCUT2D eigenvalue weighted by atomic mass is 19.1. The number of carbonyl (C=O) groups excluding carboxylic acids is 1. The average Bonchev–Trinajstić information content (AvgIpc) is 2.86. The predicted octanol–water partition coefficient (Wildman–Crippen LogP) is 1.07. The van der Waals surface area contributed by atoms with Crippen LogP contribution in [0.1, 0.15) is 39.6 Å². The number of halogens is 1. The van der Waals surface area contributed by atoms with Gasteiger partial charge >= 0.3 is 5.97 Å². The van der Waals surface area contributed by atoms with Crippen LogP contribution in [-0.2, 0) is 11.3 Å². The van der Waals surface area contributed by atoms with E-state index in [4.69, 9.17) is 10.5 Å². The van der Waals surface area contributed by atoms with Crippen LogP contribution in [0.15, 0.2) is 12.1 Å². The van der Waals surface area contributed by atoms with E-state index in [-0.39, 0.29) is 19.1 Å². The zero-order chi connectivity index (χ0) is 15.9. The summed E-state index contributed by atoms with van der Waals surface area (Å²) in [6.07, 6.45) is -1.17. The topological polar surface area (TPSA) is 75.8 Å². The molecule has 0 saturated carbocycles. The number of hydrogen-bond donors (Lipinski definition) is 2. The van der Waals surface area contributed by atoms with Gasteiger partial charge in [0, 0.05) is 24.7 Å². The predicted molar refractivity (Wildman–Crippen MR) is 79.2 cm³/mol. The van der Waals surface area contributed by atoms with Crippen LogP contribution in [0.4, 0.5) is 4.39 Å². The van der Waals surface area contributed by atoms with Crippen molar-refractivity contribution < 1.29 is 19.0 Å². The monoisotopic (exact) mass is 308 g/mol. The van der Waals surface area contributed by atoms with Gasteiger partial charge < -0.3 is 15.6 Å². The summed E-state index contributed by atoms with van der Waals surface area (Å²) in [5.41, 5.74) is 8.72. The number of cyclic esters (lactones) is 1. The fraction of sp³-hybridized carbons (Fsp3) is 0.562. The second-order valence-corrected chi connectivity index (χ2v) is 6.13. The first-order valence-electron chi connectivity index (χ1n) is 7.57. The molecule has 0 aromatic heterocycles. The van der Waals surface area contributed by atoms with Crippen LogP contribution >= 0.6 is 0 Å². The van der Waals surface area contributed by atoms with E-state index >= 15 is 0 Å². The molecule has 1 fully saturated rings. The number of nitrogens with zero attached hydrogens (tertiary/aromatic N) is 1. The first-order chi connectivity index (χ1) is 10.5. The molecule has 5 nitrogen and oxygen atoms in total. The van der Waals surface area contributed by atoms with E-state index in [1.165, 1.54) is 0 Å². The fourth-order valence-corrected chi connectivity index (χ4v) is 3.22. The summed E-state index contributed by atoms with van der Waals surface area (Å²) in [5, 5.41) is 10.5. The molecule has 1 unspecified atom stereocenters. The largest absolute Gasteiger partial charge is 0.457 e. The number of nitrogens with two attached hydrogens (primary N) is 1. The molecule has 0 spiro atoms. The number of ether oxygens (including phenoxy) is 1. The maximum Gasteiger partial charge on any atom is 0.338 e. The number of esters is 1. The van der Waals surface area contributed by atoms with Crippen molar-refractivity contribution in [3.05, 3.63) is 34.4 Å². The molecule has 0 bridgehead atoms. The molecule has 3 N–H and O–H groups in total. The van der Waals surface area contributed by atoms with Crippen molar-refractivity contribution in [2.45, 2.75) is 38.3 Å². The lowest BCUT2D eigenvalue weighted by Crippen LogP contribution is -2.49. The molecular weight excluding hydrogens is 287 g/mol. The van der Waals surface area contributed by atoms with Gasteiger partial charge in [-0.1, -0.05) is 6.07 Å². The standard InChI is InChI=1S/C16H21FN2O3/c1-9-10(2-3-11-12(9)8-22-16(11)21)15(20)7-19-5-4-14(18)13(17)6-19/h2-3,13-15,20H,4-8,18H2,1H3/t13-,14?,15-/m0/s1. The molecule has 1 saturated heterocycles. The Kier molecular flexibility index (Phi) is 4.16. The molecular formula is C16H21FN2O3. The third kappa shape index (κ3) is 2.74. The second-order valence-electron chi connectivity index (χ2n) is 6.13. The van der Waals surface area contributed by atoms with Crippen molar-refractivity contribution in [3.63, 3.8) is 0 Å². The van der Waals surface area contributed by atoms with E-state index in [1.54, 1.807) is 12.1 Å². The number of fused-ring (bicyclic) bond motifs is 1. The summed E-state index contributed by atoms with van der Waals surface area (Å²) < 4.78 is 18.7.